The number of nitrogens with zero attached hydrogens (tertiary/aromatic N) is 2. The van der Waals surface area contributed by atoms with Gasteiger partial charge in [-0.1, -0.05) is 0 Å². The lowest BCUT2D eigenvalue weighted by molar-refractivity contribution is -0.116. The summed E-state index contributed by atoms with van der Waals surface area (Å²) in [5, 5.41) is 1.73. The molecule has 2 heterocycles. The molecule has 1 amide bonds. The maximum atomic E-state index is 11.2. The molecule has 4 heteroatoms. The Bertz CT molecular complexity index is 304. The minimum Gasteiger partial charge on any atom is -0.271 e. The van der Waals surface area contributed by atoms with Crippen LogP contribution in [-0.2, 0) is 4.79 Å². The van der Waals surface area contributed by atoms with E-state index in [0.717, 1.165) is 5.71 Å². The van der Waals surface area contributed by atoms with Crippen molar-refractivity contribution in [3.63, 3.8) is 0 Å². The summed E-state index contributed by atoms with van der Waals surface area (Å²) < 4.78 is 0. The molecule has 1 unspecified atom stereocenters. The zero-order chi connectivity index (χ0) is 7.84. The minimum absolute atomic E-state index is 0.0810. The highest BCUT2D eigenvalue weighted by Crippen LogP contribution is 2.25. The molecule has 0 saturated heterocycles. The van der Waals surface area contributed by atoms with Crippen molar-refractivity contribution in [3.05, 3.63) is 11.5 Å². The second kappa shape index (κ2) is 2.30. The van der Waals surface area contributed by atoms with Crippen LogP contribution in [0.25, 0.3) is 0 Å². The van der Waals surface area contributed by atoms with Crippen molar-refractivity contribution in [3.8, 4) is 0 Å². The first-order valence-electron chi connectivity index (χ1n) is 3.27. The molecule has 0 spiro atoms. The van der Waals surface area contributed by atoms with Crippen molar-refractivity contribution in [2.24, 2.45) is 9.98 Å². The lowest BCUT2D eigenvalue weighted by atomic mass is 10.2. The summed E-state index contributed by atoms with van der Waals surface area (Å²) >= 11 is 1.47. The second-order valence-corrected chi connectivity index (χ2v) is 3.37. The van der Waals surface area contributed by atoms with Crippen LogP contribution in [0.3, 0.4) is 0 Å². The van der Waals surface area contributed by atoms with Crippen LogP contribution in [0.4, 0.5) is 0 Å². The highest BCUT2D eigenvalue weighted by atomic mass is 32.2. The number of allylic oxidation sites excluding steroid dienone is 1. The number of amides is 1. The van der Waals surface area contributed by atoms with Gasteiger partial charge in [0.2, 0.25) is 0 Å². The Morgan fingerprint density at radius 3 is 3.18 bits per heavy atom. The van der Waals surface area contributed by atoms with E-state index in [2.05, 4.69) is 9.98 Å². The Kier molecular flexibility index (Phi) is 1.42. The SMILES string of the molecule is CC1=NC(=O)C2SC=CC2=N1. The Morgan fingerprint density at radius 2 is 2.36 bits per heavy atom. The summed E-state index contributed by atoms with van der Waals surface area (Å²) in [7, 11) is 0. The highest BCUT2D eigenvalue weighted by molar-refractivity contribution is 8.04. The van der Waals surface area contributed by atoms with Crippen LogP contribution in [0.5, 0.6) is 0 Å². The van der Waals surface area contributed by atoms with Crippen molar-refractivity contribution in [2.45, 2.75) is 12.2 Å². The van der Waals surface area contributed by atoms with Gasteiger partial charge in [0.05, 0.1) is 5.71 Å². The molecule has 0 aromatic heterocycles. The maximum absolute atomic E-state index is 11.2. The molecule has 11 heavy (non-hydrogen) atoms. The average Bonchev–Trinajstić information content (AvgIpc) is 2.34. The van der Waals surface area contributed by atoms with E-state index in [-0.39, 0.29) is 11.2 Å². The monoisotopic (exact) mass is 166 g/mol. The van der Waals surface area contributed by atoms with E-state index in [4.69, 9.17) is 0 Å². The second-order valence-electron chi connectivity index (χ2n) is 2.35. The van der Waals surface area contributed by atoms with Gasteiger partial charge in [-0.25, -0.2) is 4.99 Å². The molecule has 0 aromatic carbocycles. The van der Waals surface area contributed by atoms with Gasteiger partial charge in [-0.2, -0.15) is 4.99 Å². The summed E-state index contributed by atoms with van der Waals surface area (Å²) in [4.78, 5) is 19.0. The van der Waals surface area contributed by atoms with Gasteiger partial charge in [0.25, 0.3) is 5.91 Å². The van der Waals surface area contributed by atoms with Gasteiger partial charge in [0, 0.05) is 0 Å². The van der Waals surface area contributed by atoms with Crippen molar-refractivity contribution < 1.29 is 4.79 Å². The molecule has 0 bridgehead atoms. The number of aliphatic imine (C=N–C) groups is 2. The van der Waals surface area contributed by atoms with E-state index in [1.807, 2.05) is 11.5 Å². The maximum Gasteiger partial charge on any atom is 0.266 e. The number of fused-ring (bicyclic) bond motifs is 1. The summed E-state index contributed by atoms with van der Waals surface area (Å²) in [5.41, 5.74) is 0.840. The van der Waals surface area contributed by atoms with Crippen LogP contribution >= 0.6 is 11.8 Å². The topological polar surface area (TPSA) is 41.8 Å². The van der Waals surface area contributed by atoms with Crippen LogP contribution in [0.2, 0.25) is 0 Å². The van der Waals surface area contributed by atoms with Crippen LogP contribution in [0.15, 0.2) is 21.5 Å². The fraction of sp³-hybridized carbons (Fsp3) is 0.286. The van der Waals surface area contributed by atoms with Crippen molar-refractivity contribution in [1.82, 2.24) is 0 Å². The average molecular weight is 166 g/mol. The lowest BCUT2D eigenvalue weighted by Gasteiger charge is -2.09. The van der Waals surface area contributed by atoms with Gasteiger partial charge in [-0.05, 0) is 18.4 Å². The molecule has 0 aromatic rings. The molecule has 2 rings (SSSR count). The number of thioether (sulfide) groups is 1. The zero-order valence-electron chi connectivity index (χ0n) is 5.94. The summed E-state index contributed by atoms with van der Waals surface area (Å²) in [6, 6.07) is 0. The van der Waals surface area contributed by atoms with Crippen molar-refractivity contribution in [2.75, 3.05) is 0 Å². The van der Waals surface area contributed by atoms with Crippen LogP contribution in [0.1, 0.15) is 6.92 Å². The predicted molar refractivity (Wildman–Crippen MR) is 46.1 cm³/mol. The van der Waals surface area contributed by atoms with Crippen molar-refractivity contribution in [1.29, 1.82) is 0 Å². The third-order valence-electron chi connectivity index (χ3n) is 1.51. The molecule has 0 saturated carbocycles. The Labute approximate surface area is 68.3 Å². The Balaban J connectivity index is 2.42. The number of carbonyl (C=O) groups excluding carboxylic acids is 1. The smallest absolute Gasteiger partial charge is 0.266 e. The standard InChI is InChI=1S/C7H6N2OS/c1-4-8-5-2-3-11-6(5)7(10)9-4/h2-3,6H,1H3. The van der Waals surface area contributed by atoms with Gasteiger partial charge in [0.1, 0.15) is 11.1 Å². The molecule has 2 aliphatic heterocycles. The third kappa shape index (κ3) is 1.03. The van der Waals surface area contributed by atoms with Gasteiger partial charge in [-0.3, -0.25) is 4.79 Å². The van der Waals surface area contributed by atoms with Crippen LogP contribution < -0.4 is 0 Å². The van der Waals surface area contributed by atoms with E-state index in [1.165, 1.54) is 11.8 Å². The molecule has 0 aliphatic carbocycles. The van der Waals surface area contributed by atoms with Gasteiger partial charge >= 0.3 is 0 Å². The molecule has 56 valence electrons. The van der Waals surface area contributed by atoms with E-state index >= 15 is 0 Å². The molecule has 2 aliphatic rings. The normalized spacial score (nSPS) is 28.1. The number of carbonyl (C=O) groups is 1. The quantitative estimate of drug-likeness (QED) is 0.539. The number of hydrogen-bond donors (Lipinski definition) is 0. The highest BCUT2D eigenvalue weighted by Gasteiger charge is 2.29. The van der Waals surface area contributed by atoms with E-state index in [0.29, 0.717) is 5.84 Å². The molecule has 0 fully saturated rings. The van der Waals surface area contributed by atoms with Crippen molar-refractivity contribution >= 4 is 29.2 Å². The molecular weight excluding hydrogens is 160 g/mol. The van der Waals surface area contributed by atoms with Crippen LogP contribution in [-0.4, -0.2) is 22.7 Å². The van der Waals surface area contributed by atoms with Gasteiger partial charge in [0.15, 0.2) is 0 Å². The van der Waals surface area contributed by atoms with Gasteiger partial charge in [-0.15, -0.1) is 11.8 Å². The molecule has 0 radical (unpaired) electrons. The van der Waals surface area contributed by atoms with E-state index in [1.54, 1.807) is 6.92 Å². The fourth-order valence-electron chi connectivity index (χ4n) is 1.06. The van der Waals surface area contributed by atoms with E-state index < -0.39 is 0 Å². The summed E-state index contributed by atoms with van der Waals surface area (Å²) in [6.45, 7) is 1.73. The number of rotatable bonds is 0. The zero-order valence-corrected chi connectivity index (χ0v) is 6.76. The lowest BCUT2D eigenvalue weighted by Crippen LogP contribution is -2.26. The Morgan fingerprint density at radius 1 is 1.55 bits per heavy atom. The molecule has 1 atom stereocenters. The number of hydrogen-bond acceptors (Lipinski definition) is 3. The van der Waals surface area contributed by atoms with E-state index in [9.17, 15) is 4.79 Å². The minimum atomic E-state index is -0.154. The molecular formula is C7H6N2OS. The first-order chi connectivity index (χ1) is 5.27. The summed E-state index contributed by atoms with van der Waals surface area (Å²) in [6.07, 6.45) is 1.87. The summed E-state index contributed by atoms with van der Waals surface area (Å²) in [5.74, 6) is 0.482. The third-order valence-corrected chi connectivity index (χ3v) is 2.52. The van der Waals surface area contributed by atoms with Crippen LogP contribution in [0, 0.1) is 0 Å². The molecule has 3 nitrogen and oxygen atoms in total. The fourth-order valence-corrected chi connectivity index (χ4v) is 1.87. The molecule has 0 N–H and O–H groups in total. The first-order valence-corrected chi connectivity index (χ1v) is 4.21. The predicted octanol–water partition coefficient (Wildman–Crippen LogP) is 1.02. The van der Waals surface area contributed by atoms with Gasteiger partial charge < -0.3 is 0 Å². The largest absolute Gasteiger partial charge is 0.271 e. The Hall–Kier alpha value is -0.900. The number of amidine groups is 1. The first kappa shape index (κ1) is 6.79.